The Morgan fingerprint density at radius 3 is 2.68 bits per heavy atom. The third-order valence-corrected chi connectivity index (χ3v) is 4.68. The molecule has 3 aromatic rings. The summed E-state index contributed by atoms with van der Waals surface area (Å²) in [6.07, 6.45) is 0. The maximum absolute atomic E-state index is 12.2. The molecule has 0 aliphatic carbocycles. The number of aromatic nitrogens is 1. The second-order valence-corrected chi connectivity index (χ2v) is 6.89. The van der Waals surface area contributed by atoms with Gasteiger partial charge in [-0.2, -0.15) is 0 Å². The van der Waals surface area contributed by atoms with Crippen LogP contribution >= 0.6 is 11.3 Å². The number of carbonyl (C=O) groups excluding carboxylic acids is 1. The van der Waals surface area contributed by atoms with Gasteiger partial charge in [-0.05, 0) is 29.7 Å². The van der Waals surface area contributed by atoms with Crippen LogP contribution in [0.1, 0.15) is 25.3 Å². The molecule has 0 fully saturated rings. The van der Waals surface area contributed by atoms with Crippen LogP contribution in [0.25, 0.3) is 10.2 Å². The third kappa shape index (κ3) is 3.91. The number of fused-ring (bicyclic) bond motifs is 1. The van der Waals surface area contributed by atoms with E-state index in [1.54, 1.807) is 7.11 Å². The topological polar surface area (TPSA) is 60.5 Å². The van der Waals surface area contributed by atoms with Crippen molar-refractivity contribution in [3.63, 3.8) is 0 Å². The van der Waals surface area contributed by atoms with Crippen LogP contribution in [0.4, 0.5) is 5.13 Å². The number of carbonyl (C=O) groups is 1. The van der Waals surface area contributed by atoms with Crippen LogP contribution in [0.15, 0.2) is 42.5 Å². The molecule has 0 aliphatic rings. The molecule has 0 radical (unpaired) electrons. The Bertz CT molecular complexity index is 889. The van der Waals surface area contributed by atoms with Gasteiger partial charge in [-0.25, -0.2) is 4.98 Å². The van der Waals surface area contributed by atoms with Crippen molar-refractivity contribution in [1.82, 2.24) is 4.98 Å². The minimum Gasteiger partial charge on any atom is -0.494 e. The number of para-hydroxylation sites is 2. The molecule has 1 amide bonds. The molecule has 6 heteroatoms. The summed E-state index contributed by atoms with van der Waals surface area (Å²) in [6.45, 7) is 4.13. The molecular formula is C19H20N2O3S. The summed E-state index contributed by atoms with van der Waals surface area (Å²) in [7, 11) is 1.60. The fraction of sp³-hybridized carbons (Fsp3) is 0.263. The summed E-state index contributed by atoms with van der Waals surface area (Å²) in [4.78, 5) is 16.6. The lowest BCUT2D eigenvalue weighted by Gasteiger charge is -2.13. The van der Waals surface area contributed by atoms with E-state index in [4.69, 9.17) is 9.47 Å². The third-order valence-electron chi connectivity index (χ3n) is 3.75. The van der Waals surface area contributed by atoms with Crippen LogP contribution in [-0.4, -0.2) is 24.6 Å². The van der Waals surface area contributed by atoms with Gasteiger partial charge in [0.05, 0.1) is 11.8 Å². The van der Waals surface area contributed by atoms with E-state index >= 15 is 0 Å². The number of nitrogens with one attached hydrogen (secondary N) is 1. The molecule has 0 bridgehead atoms. The molecular weight excluding hydrogens is 336 g/mol. The normalized spacial score (nSPS) is 10.9. The molecule has 3 rings (SSSR count). The zero-order valence-electron chi connectivity index (χ0n) is 14.4. The van der Waals surface area contributed by atoms with Crippen LogP contribution in [0.3, 0.4) is 0 Å². The number of hydrogen-bond donors (Lipinski definition) is 1. The average Bonchev–Trinajstić information content (AvgIpc) is 3.02. The van der Waals surface area contributed by atoms with Gasteiger partial charge >= 0.3 is 0 Å². The Balaban J connectivity index is 1.67. The molecule has 0 saturated heterocycles. The summed E-state index contributed by atoms with van der Waals surface area (Å²) >= 11 is 1.41. The Kier molecular flexibility index (Phi) is 5.19. The number of anilines is 1. The highest BCUT2D eigenvalue weighted by molar-refractivity contribution is 7.22. The standard InChI is InChI=1S/C19H20N2O3S/c1-12(2)13-7-4-5-8-14(13)24-11-17(22)20-19-21-18-15(23-3)9-6-10-16(18)25-19/h4-10,12H,11H2,1-3H3,(H,20,21,22). The lowest BCUT2D eigenvalue weighted by atomic mass is 10.0. The van der Waals surface area contributed by atoms with E-state index in [0.717, 1.165) is 21.5 Å². The van der Waals surface area contributed by atoms with Crippen molar-refractivity contribution in [3.8, 4) is 11.5 Å². The lowest BCUT2D eigenvalue weighted by Crippen LogP contribution is -2.20. The molecule has 0 spiro atoms. The van der Waals surface area contributed by atoms with E-state index in [9.17, 15) is 4.79 Å². The van der Waals surface area contributed by atoms with Crippen LogP contribution < -0.4 is 14.8 Å². The highest BCUT2D eigenvalue weighted by Gasteiger charge is 2.13. The molecule has 5 nitrogen and oxygen atoms in total. The molecule has 25 heavy (non-hydrogen) atoms. The van der Waals surface area contributed by atoms with E-state index in [0.29, 0.717) is 16.8 Å². The van der Waals surface area contributed by atoms with E-state index < -0.39 is 0 Å². The zero-order chi connectivity index (χ0) is 17.8. The Morgan fingerprint density at radius 1 is 1.16 bits per heavy atom. The number of nitrogens with zero attached hydrogens (tertiary/aromatic N) is 1. The van der Waals surface area contributed by atoms with Gasteiger partial charge in [-0.1, -0.05) is 49.4 Å². The Hall–Kier alpha value is -2.60. The number of methoxy groups -OCH3 is 1. The first-order valence-electron chi connectivity index (χ1n) is 8.03. The van der Waals surface area contributed by atoms with Crippen molar-refractivity contribution in [2.75, 3.05) is 19.0 Å². The van der Waals surface area contributed by atoms with Gasteiger partial charge in [0.1, 0.15) is 17.0 Å². The van der Waals surface area contributed by atoms with Crippen LogP contribution in [0.5, 0.6) is 11.5 Å². The quantitative estimate of drug-likeness (QED) is 0.709. The van der Waals surface area contributed by atoms with Crippen molar-refractivity contribution in [2.24, 2.45) is 0 Å². The highest BCUT2D eigenvalue weighted by Crippen LogP contribution is 2.32. The zero-order valence-corrected chi connectivity index (χ0v) is 15.2. The molecule has 0 aliphatic heterocycles. The number of thiazole rings is 1. The molecule has 1 heterocycles. The first kappa shape index (κ1) is 17.2. The van der Waals surface area contributed by atoms with Gasteiger partial charge in [0, 0.05) is 0 Å². The molecule has 2 aromatic carbocycles. The minimum absolute atomic E-state index is 0.0587. The van der Waals surface area contributed by atoms with Crippen molar-refractivity contribution in [1.29, 1.82) is 0 Å². The summed E-state index contributed by atoms with van der Waals surface area (Å²) in [5, 5.41) is 3.32. The van der Waals surface area contributed by atoms with Crippen LogP contribution in [-0.2, 0) is 4.79 Å². The minimum atomic E-state index is -0.239. The second-order valence-electron chi connectivity index (χ2n) is 5.86. The summed E-state index contributed by atoms with van der Waals surface area (Å²) in [6, 6.07) is 13.5. The van der Waals surface area contributed by atoms with Crippen LogP contribution in [0, 0.1) is 0 Å². The Morgan fingerprint density at radius 2 is 1.92 bits per heavy atom. The second kappa shape index (κ2) is 7.53. The van der Waals surface area contributed by atoms with E-state index in [1.807, 2.05) is 42.5 Å². The van der Waals surface area contributed by atoms with Gasteiger partial charge in [0.2, 0.25) is 0 Å². The molecule has 0 unspecified atom stereocenters. The first-order chi connectivity index (χ1) is 12.1. The van der Waals surface area contributed by atoms with Gasteiger partial charge in [0.15, 0.2) is 11.7 Å². The fourth-order valence-corrected chi connectivity index (χ4v) is 3.43. The average molecular weight is 356 g/mol. The van der Waals surface area contributed by atoms with Crippen LogP contribution in [0.2, 0.25) is 0 Å². The van der Waals surface area contributed by atoms with Crippen molar-refractivity contribution in [3.05, 3.63) is 48.0 Å². The maximum Gasteiger partial charge on any atom is 0.264 e. The Labute approximate surface area is 150 Å². The summed E-state index contributed by atoms with van der Waals surface area (Å²) in [5.41, 5.74) is 1.83. The van der Waals surface area contributed by atoms with Gasteiger partial charge in [-0.15, -0.1) is 0 Å². The van der Waals surface area contributed by atoms with Gasteiger partial charge in [0.25, 0.3) is 5.91 Å². The van der Waals surface area contributed by atoms with Crippen molar-refractivity contribution in [2.45, 2.75) is 19.8 Å². The number of rotatable bonds is 6. The number of ether oxygens (including phenoxy) is 2. The van der Waals surface area contributed by atoms with E-state index in [2.05, 4.69) is 24.1 Å². The predicted molar refractivity (Wildman–Crippen MR) is 101 cm³/mol. The molecule has 130 valence electrons. The van der Waals surface area contributed by atoms with E-state index in [1.165, 1.54) is 11.3 Å². The monoisotopic (exact) mass is 356 g/mol. The first-order valence-corrected chi connectivity index (χ1v) is 8.85. The molecule has 1 aromatic heterocycles. The number of hydrogen-bond acceptors (Lipinski definition) is 5. The van der Waals surface area contributed by atoms with Gasteiger partial charge < -0.3 is 9.47 Å². The molecule has 1 N–H and O–H groups in total. The summed E-state index contributed by atoms with van der Waals surface area (Å²) in [5.74, 6) is 1.52. The largest absolute Gasteiger partial charge is 0.494 e. The predicted octanol–water partition coefficient (Wildman–Crippen LogP) is 4.45. The van der Waals surface area contributed by atoms with Gasteiger partial charge in [-0.3, -0.25) is 10.1 Å². The summed E-state index contributed by atoms with van der Waals surface area (Å²) < 4.78 is 11.9. The fourth-order valence-electron chi connectivity index (χ4n) is 2.53. The maximum atomic E-state index is 12.2. The number of benzene rings is 2. The lowest BCUT2D eigenvalue weighted by molar-refractivity contribution is -0.118. The van der Waals surface area contributed by atoms with Crippen molar-refractivity contribution >= 4 is 32.6 Å². The van der Waals surface area contributed by atoms with Crippen molar-refractivity contribution < 1.29 is 14.3 Å². The SMILES string of the molecule is COc1cccc2sc(NC(=O)COc3ccccc3C(C)C)nc12. The van der Waals surface area contributed by atoms with E-state index in [-0.39, 0.29) is 12.5 Å². The number of amides is 1. The molecule has 0 saturated carbocycles. The highest BCUT2D eigenvalue weighted by atomic mass is 32.1. The molecule has 0 atom stereocenters. The smallest absolute Gasteiger partial charge is 0.264 e.